The molecule has 1 N–H and O–H groups in total. The molecular weight excluding hydrogens is 251 g/mol. The van der Waals surface area contributed by atoms with Crippen LogP contribution in [0.1, 0.15) is 11.1 Å². The van der Waals surface area contributed by atoms with Crippen LogP contribution in [0.2, 0.25) is 0 Å². The minimum absolute atomic E-state index is 0.108. The Bertz CT molecular complexity index is 255. The van der Waals surface area contributed by atoms with E-state index in [0.29, 0.717) is 0 Å². The molecule has 0 aromatic heterocycles. The number of benzene rings is 1. The standard InChI is InChI=1S/C9H9IO/c10-6-5-8-3-1-2-4-9(8)7-11/h1-6,11H,7H2/b6-5+. The van der Waals surface area contributed by atoms with Gasteiger partial charge in [0.25, 0.3) is 0 Å². The van der Waals surface area contributed by atoms with Crippen LogP contribution in [-0.2, 0) is 6.61 Å². The highest BCUT2D eigenvalue weighted by molar-refractivity contribution is 14.1. The summed E-state index contributed by atoms with van der Waals surface area (Å²) < 4.78 is 1.94. The first-order valence-electron chi connectivity index (χ1n) is 3.34. The molecular formula is C9H9IO. The molecule has 0 atom stereocenters. The SMILES string of the molecule is OCc1ccccc1/C=C/I. The van der Waals surface area contributed by atoms with Crippen molar-refractivity contribution in [1.29, 1.82) is 0 Å². The normalized spacial score (nSPS) is 10.7. The summed E-state index contributed by atoms with van der Waals surface area (Å²) in [6, 6.07) is 7.80. The van der Waals surface area contributed by atoms with E-state index in [2.05, 4.69) is 22.6 Å². The monoisotopic (exact) mass is 260 g/mol. The second kappa shape index (κ2) is 4.51. The van der Waals surface area contributed by atoms with Crippen molar-refractivity contribution in [2.24, 2.45) is 0 Å². The highest BCUT2D eigenvalue weighted by Gasteiger charge is 1.93. The van der Waals surface area contributed by atoms with E-state index >= 15 is 0 Å². The number of rotatable bonds is 2. The first kappa shape index (κ1) is 8.74. The van der Waals surface area contributed by atoms with Gasteiger partial charge in [-0.2, -0.15) is 0 Å². The van der Waals surface area contributed by atoms with Crippen molar-refractivity contribution >= 4 is 28.7 Å². The van der Waals surface area contributed by atoms with E-state index < -0.39 is 0 Å². The van der Waals surface area contributed by atoms with Crippen molar-refractivity contribution in [2.45, 2.75) is 6.61 Å². The molecule has 1 rings (SSSR count). The number of hydrogen-bond donors (Lipinski definition) is 1. The molecule has 11 heavy (non-hydrogen) atoms. The Morgan fingerprint density at radius 2 is 2.09 bits per heavy atom. The lowest BCUT2D eigenvalue weighted by molar-refractivity contribution is 0.281. The Morgan fingerprint density at radius 1 is 1.36 bits per heavy atom. The molecule has 0 aliphatic carbocycles. The van der Waals surface area contributed by atoms with Gasteiger partial charge < -0.3 is 5.11 Å². The molecule has 0 radical (unpaired) electrons. The second-order valence-electron chi connectivity index (χ2n) is 2.15. The number of halogens is 1. The zero-order chi connectivity index (χ0) is 8.10. The lowest BCUT2D eigenvalue weighted by atomic mass is 10.1. The van der Waals surface area contributed by atoms with Crippen molar-refractivity contribution in [3.8, 4) is 0 Å². The Hall–Kier alpha value is -0.350. The van der Waals surface area contributed by atoms with Crippen molar-refractivity contribution in [3.05, 3.63) is 39.5 Å². The summed E-state index contributed by atoms with van der Waals surface area (Å²) in [5.41, 5.74) is 2.06. The van der Waals surface area contributed by atoms with Crippen molar-refractivity contribution < 1.29 is 5.11 Å². The second-order valence-corrected chi connectivity index (χ2v) is 2.87. The van der Waals surface area contributed by atoms with Crippen LogP contribution >= 0.6 is 22.6 Å². The molecule has 0 saturated carbocycles. The van der Waals surface area contributed by atoms with Crippen LogP contribution in [0.15, 0.2) is 28.3 Å². The van der Waals surface area contributed by atoms with Gasteiger partial charge in [-0.3, -0.25) is 0 Å². The molecule has 58 valence electrons. The van der Waals surface area contributed by atoms with Gasteiger partial charge in [-0.15, -0.1) is 0 Å². The molecule has 0 fully saturated rings. The van der Waals surface area contributed by atoms with Crippen LogP contribution in [0, 0.1) is 0 Å². The van der Waals surface area contributed by atoms with Gasteiger partial charge in [0.1, 0.15) is 0 Å². The maximum atomic E-state index is 8.91. The van der Waals surface area contributed by atoms with Gasteiger partial charge >= 0.3 is 0 Å². The average Bonchev–Trinajstić information content (AvgIpc) is 2.06. The molecule has 0 bridgehead atoms. The fourth-order valence-electron chi connectivity index (χ4n) is 0.909. The largest absolute Gasteiger partial charge is 0.392 e. The Kier molecular flexibility index (Phi) is 3.59. The van der Waals surface area contributed by atoms with Crippen LogP contribution in [0.5, 0.6) is 0 Å². The number of hydrogen-bond acceptors (Lipinski definition) is 1. The molecule has 1 aromatic carbocycles. The summed E-state index contributed by atoms with van der Waals surface area (Å²) in [4.78, 5) is 0. The lowest BCUT2D eigenvalue weighted by Crippen LogP contribution is -1.85. The zero-order valence-electron chi connectivity index (χ0n) is 6.00. The quantitative estimate of drug-likeness (QED) is 0.810. The summed E-state index contributed by atoms with van der Waals surface area (Å²) in [6.45, 7) is 0.108. The highest BCUT2D eigenvalue weighted by atomic mass is 127. The molecule has 0 heterocycles. The molecule has 1 nitrogen and oxygen atoms in total. The van der Waals surface area contributed by atoms with Crippen LogP contribution in [0.4, 0.5) is 0 Å². The minimum Gasteiger partial charge on any atom is -0.392 e. The predicted molar refractivity (Wildman–Crippen MR) is 55.4 cm³/mol. The topological polar surface area (TPSA) is 20.2 Å². The van der Waals surface area contributed by atoms with Gasteiger partial charge in [0.2, 0.25) is 0 Å². The summed E-state index contributed by atoms with van der Waals surface area (Å²) in [5.74, 6) is 0. The van der Waals surface area contributed by atoms with Crippen LogP contribution in [0.3, 0.4) is 0 Å². The van der Waals surface area contributed by atoms with Crippen LogP contribution in [-0.4, -0.2) is 5.11 Å². The summed E-state index contributed by atoms with van der Waals surface area (Å²) in [5, 5.41) is 8.91. The molecule has 0 saturated heterocycles. The molecule has 0 unspecified atom stereocenters. The third-order valence-electron chi connectivity index (χ3n) is 1.47. The third kappa shape index (κ3) is 2.31. The Morgan fingerprint density at radius 3 is 2.73 bits per heavy atom. The van der Waals surface area contributed by atoms with E-state index in [4.69, 9.17) is 5.11 Å². The van der Waals surface area contributed by atoms with Crippen LogP contribution < -0.4 is 0 Å². The van der Waals surface area contributed by atoms with Crippen molar-refractivity contribution in [3.63, 3.8) is 0 Å². The fourth-order valence-corrected chi connectivity index (χ4v) is 1.30. The van der Waals surface area contributed by atoms with E-state index in [-0.39, 0.29) is 6.61 Å². The molecule has 0 aliphatic heterocycles. The number of aliphatic hydroxyl groups excluding tert-OH is 1. The van der Waals surface area contributed by atoms with E-state index in [1.165, 1.54) is 0 Å². The summed E-state index contributed by atoms with van der Waals surface area (Å²) in [6.07, 6.45) is 1.98. The van der Waals surface area contributed by atoms with E-state index in [9.17, 15) is 0 Å². The molecule has 2 heteroatoms. The number of aliphatic hydroxyl groups is 1. The van der Waals surface area contributed by atoms with Crippen molar-refractivity contribution in [1.82, 2.24) is 0 Å². The van der Waals surface area contributed by atoms with Gasteiger partial charge in [-0.25, -0.2) is 0 Å². The Labute approximate surface area is 79.9 Å². The van der Waals surface area contributed by atoms with Gasteiger partial charge in [-0.05, 0) is 21.3 Å². The first-order valence-corrected chi connectivity index (χ1v) is 4.58. The maximum Gasteiger partial charge on any atom is 0.0687 e. The smallest absolute Gasteiger partial charge is 0.0687 e. The summed E-state index contributed by atoms with van der Waals surface area (Å²) >= 11 is 2.16. The maximum absolute atomic E-state index is 8.91. The summed E-state index contributed by atoms with van der Waals surface area (Å²) in [7, 11) is 0. The molecule has 0 spiro atoms. The third-order valence-corrected chi connectivity index (χ3v) is 1.83. The fraction of sp³-hybridized carbons (Fsp3) is 0.111. The van der Waals surface area contributed by atoms with Gasteiger partial charge in [0.05, 0.1) is 6.61 Å². The minimum atomic E-state index is 0.108. The molecule has 0 aliphatic rings. The van der Waals surface area contributed by atoms with Gasteiger partial charge in [0, 0.05) is 0 Å². The van der Waals surface area contributed by atoms with Crippen LogP contribution in [0.25, 0.3) is 6.08 Å². The first-order chi connectivity index (χ1) is 5.38. The average molecular weight is 260 g/mol. The lowest BCUT2D eigenvalue weighted by Gasteiger charge is -1.99. The highest BCUT2D eigenvalue weighted by Crippen LogP contribution is 2.11. The van der Waals surface area contributed by atoms with E-state index in [0.717, 1.165) is 11.1 Å². The van der Waals surface area contributed by atoms with E-state index in [1.807, 2.05) is 34.4 Å². The molecule has 0 amide bonds. The Balaban J connectivity index is 3.02. The zero-order valence-corrected chi connectivity index (χ0v) is 8.15. The van der Waals surface area contributed by atoms with E-state index in [1.54, 1.807) is 0 Å². The molecule has 1 aromatic rings. The van der Waals surface area contributed by atoms with Gasteiger partial charge in [-0.1, -0.05) is 46.9 Å². The van der Waals surface area contributed by atoms with Gasteiger partial charge in [0.15, 0.2) is 0 Å². The predicted octanol–water partition coefficient (Wildman–Crippen LogP) is 2.58. The van der Waals surface area contributed by atoms with Crippen molar-refractivity contribution in [2.75, 3.05) is 0 Å².